The van der Waals surface area contributed by atoms with E-state index in [1.165, 1.54) is 4.88 Å². The molecule has 1 aromatic heterocycles. The van der Waals surface area contributed by atoms with Gasteiger partial charge in [0.25, 0.3) is 0 Å². The smallest absolute Gasteiger partial charge is 0.244 e. The summed E-state index contributed by atoms with van der Waals surface area (Å²) in [4.78, 5) is 30.1. The molecule has 0 saturated carbocycles. The van der Waals surface area contributed by atoms with Crippen molar-refractivity contribution < 1.29 is 9.59 Å². The third-order valence-electron chi connectivity index (χ3n) is 4.09. The average molecular weight is 416 g/mol. The largest absolute Gasteiger partial charge is 0.344 e. The average Bonchev–Trinajstić information content (AvgIpc) is 2.91. The molecule has 1 fully saturated rings. The van der Waals surface area contributed by atoms with Crippen LogP contribution in [0.1, 0.15) is 32.6 Å². The highest BCUT2D eigenvalue weighted by atomic mass is 79.9. The molecule has 1 aliphatic rings. The van der Waals surface area contributed by atoms with E-state index in [4.69, 9.17) is 0 Å². The Balaban J connectivity index is 1.80. The van der Waals surface area contributed by atoms with E-state index in [9.17, 15) is 9.59 Å². The Morgan fingerprint density at radius 2 is 1.88 bits per heavy atom. The summed E-state index contributed by atoms with van der Waals surface area (Å²) >= 11 is 5.24. The van der Waals surface area contributed by atoms with Crippen LogP contribution in [0.2, 0.25) is 0 Å². The summed E-state index contributed by atoms with van der Waals surface area (Å²) in [5, 5.41) is 2.82. The topological polar surface area (TPSA) is 52.7 Å². The van der Waals surface area contributed by atoms with Gasteiger partial charge in [0.05, 0.1) is 3.79 Å². The summed E-state index contributed by atoms with van der Waals surface area (Å²) in [5.74, 6) is -0.0867. The van der Waals surface area contributed by atoms with Crippen molar-refractivity contribution in [2.75, 3.05) is 26.2 Å². The van der Waals surface area contributed by atoms with Crippen LogP contribution in [-0.4, -0.2) is 53.8 Å². The van der Waals surface area contributed by atoms with Gasteiger partial charge in [-0.15, -0.1) is 11.3 Å². The number of hydrogen-bond acceptors (Lipinski definition) is 4. The number of thiophene rings is 1. The molecule has 1 N–H and O–H groups in total. The molecule has 24 heavy (non-hydrogen) atoms. The molecule has 1 aromatic rings. The Morgan fingerprint density at radius 1 is 1.25 bits per heavy atom. The van der Waals surface area contributed by atoms with E-state index >= 15 is 0 Å². The molecule has 1 atom stereocenters. The number of nitrogens with one attached hydrogen (secondary N) is 1. The predicted molar refractivity (Wildman–Crippen MR) is 101 cm³/mol. The second-order valence-corrected chi connectivity index (χ2v) is 9.80. The van der Waals surface area contributed by atoms with Gasteiger partial charge in [0, 0.05) is 43.0 Å². The third kappa shape index (κ3) is 5.29. The van der Waals surface area contributed by atoms with Gasteiger partial charge in [-0.1, -0.05) is 20.8 Å². The van der Waals surface area contributed by atoms with Gasteiger partial charge in [0.2, 0.25) is 11.8 Å². The predicted octanol–water partition coefficient (Wildman–Crippen LogP) is 2.71. The minimum atomic E-state index is -0.484. The van der Waals surface area contributed by atoms with Crippen LogP contribution in [0.15, 0.2) is 15.9 Å². The molecule has 1 unspecified atom stereocenters. The number of halogens is 1. The number of rotatable bonds is 4. The van der Waals surface area contributed by atoms with E-state index in [1.54, 1.807) is 18.3 Å². The van der Waals surface area contributed by atoms with Crippen molar-refractivity contribution in [1.82, 2.24) is 15.1 Å². The molecule has 5 nitrogen and oxygen atoms in total. The second-order valence-electron chi connectivity index (χ2n) is 7.25. The zero-order valence-electron chi connectivity index (χ0n) is 14.8. The maximum Gasteiger partial charge on any atom is 0.244 e. The van der Waals surface area contributed by atoms with Crippen LogP contribution in [0.4, 0.5) is 0 Å². The van der Waals surface area contributed by atoms with Crippen molar-refractivity contribution in [1.29, 1.82) is 0 Å². The summed E-state index contributed by atoms with van der Waals surface area (Å²) in [6.45, 7) is 11.4. The maximum absolute atomic E-state index is 12.5. The van der Waals surface area contributed by atoms with Crippen molar-refractivity contribution in [3.05, 3.63) is 20.8 Å². The van der Waals surface area contributed by atoms with Crippen LogP contribution in [0.25, 0.3) is 0 Å². The lowest BCUT2D eigenvalue weighted by atomic mass is 9.95. The molecule has 7 heteroatoms. The Morgan fingerprint density at radius 3 is 2.38 bits per heavy atom. The Hall–Kier alpha value is -0.920. The van der Waals surface area contributed by atoms with E-state index in [0.717, 1.165) is 23.4 Å². The van der Waals surface area contributed by atoms with Gasteiger partial charge >= 0.3 is 0 Å². The molecule has 0 radical (unpaired) electrons. The molecule has 2 amide bonds. The molecule has 1 aliphatic heterocycles. The van der Waals surface area contributed by atoms with E-state index in [1.807, 2.05) is 25.7 Å². The van der Waals surface area contributed by atoms with Crippen LogP contribution >= 0.6 is 27.3 Å². The molecule has 0 spiro atoms. The standard InChI is InChI=1S/C17H26BrN3O2S/c1-12(19-16(23)17(2,3)4)15(22)21-9-7-20(8-10-21)11-13-5-6-14(18)24-13/h5-6,12H,7-11H2,1-4H3,(H,19,23). The van der Waals surface area contributed by atoms with Gasteiger partial charge in [0.1, 0.15) is 6.04 Å². The Bertz CT molecular complexity index is 589. The van der Waals surface area contributed by atoms with Crippen LogP contribution < -0.4 is 5.32 Å². The van der Waals surface area contributed by atoms with Gasteiger partial charge in [-0.25, -0.2) is 0 Å². The van der Waals surface area contributed by atoms with Gasteiger partial charge in [-0.3, -0.25) is 14.5 Å². The lowest BCUT2D eigenvalue weighted by Crippen LogP contribution is -2.54. The van der Waals surface area contributed by atoms with Crippen molar-refractivity contribution in [3.8, 4) is 0 Å². The first-order valence-corrected chi connectivity index (χ1v) is 9.84. The monoisotopic (exact) mass is 415 g/mol. The number of amides is 2. The van der Waals surface area contributed by atoms with Gasteiger partial charge < -0.3 is 10.2 Å². The minimum absolute atomic E-state index is 0.00566. The molecule has 2 heterocycles. The zero-order chi connectivity index (χ0) is 17.9. The summed E-state index contributed by atoms with van der Waals surface area (Å²) in [6.07, 6.45) is 0. The summed E-state index contributed by atoms with van der Waals surface area (Å²) in [5.41, 5.74) is -0.484. The van der Waals surface area contributed by atoms with Crippen molar-refractivity contribution >= 4 is 39.1 Å². The molecular weight excluding hydrogens is 390 g/mol. The van der Waals surface area contributed by atoms with Crippen LogP contribution in [0.5, 0.6) is 0 Å². The summed E-state index contributed by atoms with van der Waals surface area (Å²) < 4.78 is 1.15. The first-order valence-electron chi connectivity index (χ1n) is 8.23. The highest BCUT2D eigenvalue weighted by Crippen LogP contribution is 2.23. The fourth-order valence-electron chi connectivity index (χ4n) is 2.53. The first kappa shape index (κ1) is 19.4. The molecular formula is C17H26BrN3O2S. The Kier molecular flexibility index (Phi) is 6.45. The molecule has 0 aromatic carbocycles. The number of hydrogen-bond donors (Lipinski definition) is 1. The normalized spacial score (nSPS) is 17.6. The molecule has 2 rings (SSSR count). The number of piperazine rings is 1. The van der Waals surface area contributed by atoms with Crippen LogP contribution in [0.3, 0.4) is 0 Å². The lowest BCUT2D eigenvalue weighted by molar-refractivity contribution is -0.139. The quantitative estimate of drug-likeness (QED) is 0.821. The second kappa shape index (κ2) is 7.97. The van der Waals surface area contributed by atoms with Gasteiger partial charge in [-0.05, 0) is 35.0 Å². The molecule has 1 saturated heterocycles. The molecule has 134 valence electrons. The third-order valence-corrected chi connectivity index (χ3v) is 5.70. The summed E-state index contributed by atoms with van der Waals surface area (Å²) in [6, 6.07) is 3.73. The SMILES string of the molecule is CC(NC(=O)C(C)(C)C)C(=O)N1CCN(Cc2ccc(Br)s2)CC1. The van der Waals surface area contributed by atoms with Crippen molar-refractivity contribution in [2.45, 2.75) is 40.3 Å². The van der Waals surface area contributed by atoms with Gasteiger partial charge in [-0.2, -0.15) is 0 Å². The van der Waals surface area contributed by atoms with Crippen molar-refractivity contribution in [2.24, 2.45) is 5.41 Å². The van der Waals surface area contributed by atoms with Crippen LogP contribution in [-0.2, 0) is 16.1 Å². The van der Waals surface area contributed by atoms with Crippen molar-refractivity contribution in [3.63, 3.8) is 0 Å². The highest BCUT2D eigenvalue weighted by Gasteiger charge is 2.29. The lowest BCUT2D eigenvalue weighted by Gasteiger charge is -2.36. The first-order chi connectivity index (χ1) is 11.2. The van der Waals surface area contributed by atoms with E-state index in [-0.39, 0.29) is 11.8 Å². The van der Waals surface area contributed by atoms with E-state index in [2.05, 4.69) is 38.3 Å². The van der Waals surface area contributed by atoms with Gasteiger partial charge in [0.15, 0.2) is 0 Å². The molecule has 0 aliphatic carbocycles. The highest BCUT2D eigenvalue weighted by molar-refractivity contribution is 9.11. The fourth-order valence-corrected chi connectivity index (χ4v) is 4.06. The van der Waals surface area contributed by atoms with E-state index in [0.29, 0.717) is 13.1 Å². The Labute approximate surface area is 156 Å². The number of carbonyl (C=O) groups is 2. The van der Waals surface area contributed by atoms with Crippen LogP contribution in [0, 0.1) is 5.41 Å². The summed E-state index contributed by atoms with van der Waals surface area (Å²) in [7, 11) is 0. The fraction of sp³-hybridized carbons (Fsp3) is 0.647. The number of carbonyl (C=O) groups excluding carboxylic acids is 2. The molecule has 0 bridgehead atoms. The number of nitrogens with zero attached hydrogens (tertiary/aromatic N) is 2. The van der Waals surface area contributed by atoms with E-state index < -0.39 is 11.5 Å². The maximum atomic E-state index is 12.5. The minimum Gasteiger partial charge on any atom is -0.344 e. The zero-order valence-corrected chi connectivity index (χ0v) is 17.2.